The van der Waals surface area contributed by atoms with E-state index in [4.69, 9.17) is 10.5 Å². The highest BCUT2D eigenvalue weighted by Crippen LogP contribution is 2.08. The highest BCUT2D eigenvalue weighted by atomic mass is 16.5. The monoisotopic (exact) mass is 229 g/mol. The molecule has 96 valence electrons. The van der Waals surface area contributed by atoms with Crippen molar-refractivity contribution in [3.8, 4) is 0 Å². The minimum Gasteiger partial charge on any atom is -0.374 e. The minimum absolute atomic E-state index is 0.337. The van der Waals surface area contributed by atoms with Gasteiger partial charge in [0.2, 0.25) is 0 Å². The molecule has 16 heavy (non-hydrogen) atoms. The summed E-state index contributed by atoms with van der Waals surface area (Å²) in [7, 11) is 2.15. The number of nitrogens with two attached hydrogens (primary N) is 1. The Labute approximate surface area is 99.5 Å². The molecule has 0 spiro atoms. The van der Waals surface area contributed by atoms with Gasteiger partial charge < -0.3 is 20.7 Å². The Balaban J connectivity index is 2.14. The van der Waals surface area contributed by atoms with Crippen molar-refractivity contribution in [2.45, 2.75) is 20.0 Å². The quantitative estimate of drug-likeness (QED) is 0.680. The molecule has 4 heteroatoms. The van der Waals surface area contributed by atoms with Crippen LogP contribution in [0.25, 0.3) is 0 Å². The first kappa shape index (κ1) is 13.9. The average molecular weight is 229 g/mol. The molecule has 0 radical (unpaired) electrons. The van der Waals surface area contributed by atoms with Crippen molar-refractivity contribution in [2.75, 3.05) is 46.4 Å². The van der Waals surface area contributed by atoms with Crippen molar-refractivity contribution < 1.29 is 4.74 Å². The molecule has 0 aliphatic carbocycles. The number of ether oxygens (including phenoxy) is 1. The highest BCUT2D eigenvalue weighted by molar-refractivity contribution is 4.73. The number of morpholine rings is 1. The Morgan fingerprint density at radius 1 is 1.50 bits per heavy atom. The van der Waals surface area contributed by atoms with Gasteiger partial charge in [-0.25, -0.2) is 0 Å². The summed E-state index contributed by atoms with van der Waals surface area (Å²) in [6.45, 7) is 10.1. The smallest absolute Gasteiger partial charge is 0.0826 e. The van der Waals surface area contributed by atoms with E-state index >= 15 is 0 Å². The van der Waals surface area contributed by atoms with Crippen LogP contribution in [0.5, 0.6) is 0 Å². The average Bonchev–Trinajstić information content (AvgIpc) is 2.24. The van der Waals surface area contributed by atoms with Gasteiger partial charge in [0.25, 0.3) is 0 Å². The lowest BCUT2D eigenvalue weighted by Gasteiger charge is -2.30. The second kappa shape index (κ2) is 7.22. The maximum absolute atomic E-state index is 5.74. The summed E-state index contributed by atoms with van der Waals surface area (Å²) < 4.78 is 5.69. The molecule has 0 aromatic heterocycles. The maximum Gasteiger partial charge on any atom is 0.0826 e. The van der Waals surface area contributed by atoms with E-state index in [2.05, 4.69) is 31.1 Å². The summed E-state index contributed by atoms with van der Waals surface area (Å²) in [4.78, 5) is 2.32. The van der Waals surface area contributed by atoms with Gasteiger partial charge in [-0.15, -0.1) is 0 Å². The lowest BCUT2D eigenvalue weighted by molar-refractivity contribution is -0.0185. The topological polar surface area (TPSA) is 50.5 Å². The molecule has 1 aliphatic heterocycles. The molecule has 3 N–H and O–H groups in total. The van der Waals surface area contributed by atoms with Gasteiger partial charge in [-0.2, -0.15) is 0 Å². The third-order valence-electron chi connectivity index (χ3n) is 3.37. The largest absolute Gasteiger partial charge is 0.374 e. The van der Waals surface area contributed by atoms with Crippen LogP contribution in [0.3, 0.4) is 0 Å². The van der Waals surface area contributed by atoms with Crippen LogP contribution < -0.4 is 11.1 Å². The number of nitrogens with one attached hydrogen (secondary N) is 1. The lowest BCUT2D eigenvalue weighted by atomic mass is 9.96. The van der Waals surface area contributed by atoms with Crippen LogP contribution >= 0.6 is 0 Å². The number of hydrogen-bond donors (Lipinski definition) is 2. The van der Waals surface area contributed by atoms with Crippen molar-refractivity contribution in [1.82, 2.24) is 10.2 Å². The molecule has 0 aromatic carbocycles. The molecule has 1 fully saturated rings. The molecule has 1 aliphatic rings. The summed E-state index contributed by atoms with van der Waals surface area (Å²) in [5.74, 6) is 1.22. The SMILES string of the molecule is CC(C)C(CN)CNCC1CN(C)CCO1. The van der Waals surface area contributed by atoms with E-state index < -0.39 is 0 Å². The van der Waals surface area contributed by atoms with Crippen LogP contribution in [0.1, 0.15) is 13.8 Å². The van der Waals surface area contributed by atoms with Crippen molar-refractivity contribution in [3.63, 3.8) is 0 Å². The van der Waals surface area contributed by atoms with E-state index in [1.807, 2.05) is 0 Å². The third kappa shape index (κ3) is 4.78. The summed E-state index contributed by atoms with van der Waals surface area (Å²) in [5, 5.41) is 3.48. The zero-order chi connectivity index (χ0) is 12.0. The van der Waals surface area contributed by atoms with E-state index in [1.165, 1.54) is 0 Å². The number of likely N-dealkylation sites (N-methyl/N-ethyl adjacent to an activating group) is 1. The first-order valence-corrected chi connectivity index (χ1v) is 6.34. The first-order chi connectivity index (χ1) is 7.63. The maximum atomic E-state index is 5.74. The van der Waals surface area contributed by atoms with E-state index in [0.717, 1.165) is 39.3 Å². The molecule has 1 rings (SSSR count). The molecule has 0 saturated carbocycles. The standard InChI is InChI=1S/C12H27N3O/c1-10(2)11(6-13)7-14-8-12-9-15(3)4-5-16-12/h10-12,14H,4-9,13H2,1-3H3. The van der Waals surface area contributed by atoms with E-state index in [0.29, 0.717) is 17.9 Å². The molecule has 1 heterocycles. The molecule has 2 unspecified atom stereocenters. The first-order valence-electron chi connectivity index (χ1n) is 6.34. The zero-order valence-electron chi connectivity index (χ0n) is 10.9. The fourth-order valence-electron chi connectivity index (χ4n) is 2.01. The van der Waals surface area contributed by atoms with Crippen LogP contribution in [0, 0.1) is 11.8 Å². The molecular weight excluding hydrogens is 202 g/mol. The summed E-state index contributed by atoms with van der Waals surface area (Å²) >= 11 is 0. The Kier molecular flexibility index (Phi) is 6.28. The highest BCUT2D eigenvalue weighted by Gasteiger charge is 2.18. The summed E-state index contributed by atoms with van der Waals surface area (Å²) in [6.07, 6.45) is 0.337. The summed E-state index contributed by atoms with van der Waals surface area (Å²) in [5.41, 5.74) is 5.74. The van der Waals surface area contributed by atoms with Crippen molar-refractivity contribution >= 4 is 0 Å². The molecule has 2 atom stereocenters. The van der Waals surface area contributed by atoms with Gasteiger partial charge in [-0.05, 0) is 32.0 Å². The number of hydrogen-bond acceptors (Lipinski definition) is 4. The van der Waals surface area contributed by atoms with Gasteiger partial charge in [-0.3, -0.25) is 0 Å². The lowest BCUT2D eigenvalue weighted by Crippen LogP contribution is -2.46. The zero-order valence-corrected chi connectivity index (χ0v) is 10.9. The van der Waals surface area contributed by atoms with E-state index in [-0.39, 0.29) is 0 Å². The predicted molar refractivity (Wildman–Crippen MR) is 67.5 cm³/mol. The third-order valence-corrected chi connectivity index (χ3v) is 3.37. The van der Waals surface area contributed by atoms with Crippen molar-refractivity contribution in [2.24, 2.45) is 17.6 Å². The van der Waals surface area contributed by atoms with Crippen LogP contribution in [0.15, 0.2) is 0 Å². The van der Waals surface area contributed by atoms with Gasteiger partial charge in [0, 0.05) is 19.6 Å². The molecule has 0 bridgehead atoms. The molecule has 1 saturated heterocycles. The van der Waals surface area contributed by atoms with Gasteiger partial charge >= 0.3 is 0 Å². The van der Waals surface area contributed by atoms with E-state index in [1.54, 1.807) is 0 Å². The molecular formula is C12H27N3O. The number of rotatable bonds is 6. The fourth-order valence-corrected chi connectivity index (χ4v) is 2.01. The van der Waals surface area contributed by atoms with Crippen LogP contribution in [0.4, 0.5) is 0 Å². The van der Waals surface area contributed by atoms with Crippen LogP contribution in [0.2, 0.25) is 0 Å². The molecule has 0 aromatic rings. The predicted octanol–water partition coefficient (Wildman–Crippen LogP) is 0.138. The van der Waals surface area contributed by atoms with Crippen molar-refractivity contribution in [1.29, 1.82) is 0 Å². The molecule has 0 amide bonds. The Morgan fingerprint density at radius 3 is 2.81 bits per heavy atom. The fraction of sp³-hybridized carbons (Fsp3) is 1.00. The Morgan fingerprint density at radius 2 is 2.25 bits per heavy atom. The second-order valence-corrected chi connectivity index (χ2v) is 5.15. The van der Waals surface area contributed by atoms with E-state index in [9.17, 15) is 0 Å². The molecule has 4 nitrogen and oxygen atoms in total. The summed E-state index contributed by atoms with van der Waals surface area (Å²) in [6, 6.07) is 0. The van der Waals surface area contributed by atoms with Gasteiger partial charge in [0.15, 0.2) is 0 Å². The van der Waals surface area contributed by atoms with Crippen molar-refractivity contribution in [3.05, 3.63) is 0 Å². The normalized spacial score (nSPS) is 24.9. The number of nitrogens with zero attached hydrogens (tertiary/aromatic N) is 1. The van der Waals surface area contributed by atoms with Crippen LogP contribution in [-0.2, 0) is 4.74 Å². The van der Waals surface area contributed by atoms with Gasteiger partial charge in [-0.1, -0.05) is 13.8 Å². The Bertz CT molecular complexity index is 187. The Hall–Kier alpha value is -0.160. The van der Waals surface area contributed by atoms with Gasteiger partial charge in [0.1, 0.15) is 0 Å². The minimum atomic E-state index is 0.337. The van der Waals surface area contributed by atoms with Gasteiger partial charge in [0.05, 0.1) is 12.7 Å². The van der Waals surface area contributed by atoms with Crippen LogP contribution in [-0.4, -0.2) is 57.4 Å². The second-order valence-electron chi connectivity index (χ2n) is 5.15.